The van der Waals surface area contributed by atoms with Crippen LogP contribution in [0.2, 0.25) is 0 Å². The Balaban J connectivity index is 1.44. The summed E-state index contributed by atoms with van der Waals surface area (Å²) >= 11 is 0. The van der Waals surface area contributed by atoms with Crippen LogP contribution in [-0.2, 0) is 4.74 Å². The smallest absolute Gasteiger partial charge is 0.197 e. The molecule has 0 aromatic carbocycles. The highest BCUT2D eigenvalue weighted by molar-refractivity contribution is 5.95. The third-order valence-electron chi connectivity index (χ3n) is 8.32. The van der Waals surface area contributed by atoms with Gasteiger partial charge in [-0.25, -0.2) is 14.5 Å². The van der Waals surface area contributed by atoms with Crippen LogP contribution in [0.5, 0.6) is 5.75 Å². The summed E-state index contributed by atoms with van der Waals surface area (Å²) < 4.78 is 13.1. The van der Waals surface area contributed by atoms with E-state index in [-0.39, 0.29) is 5.60 Å². The van der Waals surface area contributed by atoms with Gasteiger partial charge in [-0.1, -0.05) is 20.8 Å². The maximum atomic E-state index is 5.72. The van der Waals surface area contributed by atoms with Crippen LogP contribution < -0.4 is 15.0 Å². The van der Waals surface area contributed by atoms with Gasteiger partial charge in [-0.3, -0.25) is 0 Å². The number of H-pyrrole nitrogens is 1. The summed E-state index contributed by atoms with van der Waals surface area (Å²) in [7, 11) is 3.47. The zero-order chi connectivity index (χ0) is 27.0. The van der Waals surface area contributed by atoms with Crippen molar-refractivity contribution in [2.45, 2.75) is 71.4 Å². The first-order chi connectivity index (χ1) is 18.3. The van der Waals surface area contributed by atoms with Crippen LogP contribution in [0.3, 0.4) is 0 Å². The SMILES string of the molecule is CCC(C)(CNC1CCN(c2ncc3[nH]c(-c4cc(OC)c5ncnn5c4)c(C(C)C)c3c2C)CC1)OC. The molecule has 0 radical (unpaired) electrons. The molecule has 1 aliphatic rings. The molecule has 1 fully saturated rings. The van der Waals surface area contributed by atoms with E-state index in [0.29, 0.717) is 23.4 Å². The molecule has 4 aromatic rings. The van der Waals surface area contributed by atoms with E-state index in [9.17, 15) is 0 Å². The fourth-order valence-electron chi connectivity index (χ4n) is 5.67. The van der Waals surface area contributed by atoms with Crippen molar-refractivity contribution in [3.05, 3.63) is 35.9 Å². The number of rotatable bonds is 9. The molecular formula is C29H41N7O2. The Morgan fingerprint density at radius 2 is 1.97 bits per heavy atom. The monoisotopic (exact) mass is 519 g/mol. The van der Waals surface area contributed by atoms with E-state index in [4.69, 9.17) is 14.5 Å². The predicted molar refractivity (Wildman–Crippen MR) is 152 cm³/mol. The van der Waals surface area contributed by atoms with E-state index in [1.54, 1.807) is 25.1 Å². The lowest BCUT2D eigenvalue weighted by Gasteiger charge is -2.36. The lowest BCUT2D eigenvalue weighted by atomic mass is 9.94. The summed E-state index contributed by atoms with van der Waals surface area (Å²) in [5, 5.41) is 9.37. The Morgan fingerprint density at radius 3 is 2.63 bits per heavy atom. The van der Waals surface area contributed by atoms with E-state index in [1.165, 1.54) is 16.5 Å². The van der Waals surface area contributed by atoms with Gasteiger partial charge in [-0.15, -0.1) is 0 Å². The molecule has 0 saturated carbocycles. The zero-order valence-corrected chi connectivity index (χ0v) is 23.8. The first kappa shape index (κ1) is 26.4. The maximum Gasteiger partial charge on any atom is 0.197 e. The Labute approximate surface area is 224 Å². The summed E-state index contributed by atoms with van der Waals surface area (Å²) in [6, 6.07) is 2.54. The highest BCUT2D eigenvalue weighted by Gasteiger charge is 2.27. The number of pyridine rings is 2. The molecule has 5 heterocycles. The molecule has 0 amide bonds. The van der Waals surface area contributed by atoms with Crippen LogP contribution in [0.4, 0.5) is 5.82 Å². The van der Waals surface area contributed by atoms with Gasteiger partial charge in [-0.05, 0) is 50.7 Å². The number of nitrogens with one attached hydrogen (secondary N) is 2. The molecule has 4 aromatic heterocycles. The van der Waals surface area contributed by atoms with Gasteiger partial charge in [0, 0.05) is 55.5 Å². The van der Waals surface area contributed by atoms with Crippen molar-refractivity contribution in [2.24, 2.45) is 0 Å². The molecule has 1 unspecified atom stereocenters. The quantitative estimate of drug-likeness (QED) is 0.318. The summed E-state index contributed by atoms with van der Waals surface area (Å²) in [4.78, 5) is 15.4. The number of aromatic amines is 1. The van der Waals surface area contributed by atoms with Gasteiger partial charge in [0.05, 0.1) is 30.1 Å². The maximum absolute atomic E-state index is 5.72. The lowest BCUT2D eigenvalue weighted by molar-refractivity contribution is 0.00110. The minimum atomic E-state index is -0.109. The van der Waals surface area contributed by atoms with Crippen LogP contribution in [0.25, 0.3) is 27.8 Å². The first-order valence-corrected chi connectivity index (χ1v) is 13.7. The second-order valence-electron chi connectivity index (χ2n) is 11.0. The summed E-state index contributed by atoms with van der Waals surface area (Å²) in [6.45, 7) is 13.9. The number of nitrogens with zero attached hydrogens (tertiary/aromatic N) is 5. The molecule has 38 heavy (non-hydrogen) atoms. The molecule has 1 aliphatic heterocycles. The first-order valence-electron chi connectivity index (χ1n) is 13.7. The topological polar surface area (TPSA) is 92.6 Å². The van der Waals surface area contributed by atoms with Gasteiger partial charge in [0.25, 0.3) is 0 Å². The molecule has 1 saturated heterocycles. The molecule has 5 rings (SSSR count). The van der Waals surface area contributed by atoms with Gasteiger partial charge in [0.2, 0.25) is 0 Å². The lowest BCUT2D eigenvalue weighted by Crippen LogP contribution is -2.48. The van der Waals surface area contributed by atoms with Crippen LogP contribution in [0.1, 0.15) is 64.0 Å². The highest BCUT2D eigenvalue weighted by atomic mass is 16.5. The van der Waals surface area contributed by atoms with Crippen LogP contribution in [0, 0.1) is 6.92 Å². The van der Waals surface area contributed by atoms with E-state index in [2.05, 4.69) is 59.9 Å². The van der Waals surface area contributed by atoms with E-state index in [1.807, 2.05) is 18.5 Å². The summed E-state index contributed by atoms with van der Waals surface area (Å²) in [5.74, 6) is 2.10. The minimum Gasteiger partial charge on any atom is -0.493 e. The standard InChI is InChI=1S/C29H41N7O2/c1-8-29(5,38-7)16-31-21-9-11-35(12-10-21)27-19(4)25-22(14-30-27)34-26(24(25)18(2)3)20-13-23(37-6)28-32-17-33-36(28)15-20/h13-15,17-18,21,31,34H,8-12,16H2,1-7H3. The van der Waals surface area contributed by atoms with Gasteiger partial charge < -0.3 is 24.7 Å². The second kappa shape index (κ2) is 10.5. The number of hydrogen-bond donors (Lipinski definition) is 2. The summed E-state index contributed by atoms with van der Waals surface area (Å²) in [5.41, 5.74) is 6.26. The van der Waals surface area contributed by atoms with E-state index >= 15 is 0 Å². The number of methoxy groups -OCH3 is 2. The number of anilines is 1. The average molecular weight is 520 g/mol. The molecule has 2 N–H and O–H groups in total. The van der Waals surface area contributed by atoms with Crippen molar-refractivity contribution in [2.75, 3.05) is 38.8 Å². The Kier molecular flexibility index (Phi) is 7.33. The van der Waals surface area contributed by atoms with Crippen molar-refractivity contribution in [3.63, 3.8) is 0 Å². The fraction of sp³-hybridized carbons (Fsp3) is 0.552. The molecule has 204 valence electrons. The van der Waals surface area contributed by atoms with Crippen LogP contribution in [0.15, 0.2) is 24.8 Å². The van der Waals surface area contributed by atoms with E-state index in [0.717, 1.165) is 61.5 Å². The fourth-order valence-corrected chi connectivity index (χ4v) is 5.67. The third-order valence-corrected chi connectivity index (χ3v) is 8.32. The molecular weight excluding hydrogens is 478 g/mol. The normalized spacial score (nSPS) is 16.6. The molecule has 9 heteroatoms. The van der Waals surface area contributed by atoms with Gasteiger partial charge in [0.15, 0.2) is 11.4 Å². The second-order valence-corrected chi connectivity index (χ2v) is 11.0. The molecule has 0 bridgehead atoms. The number of hydrogen-bond acceptors (Lipinski definition) is 7. The molecule has 1 atom stereocenters. The van der Waals surface area contributed by atoms with Gasteiger partial charge in [-0.2, -0.15) is 5.10 Å². The largest absolute Gasteiger partial charge is 0.493 e. The van der Waals surface area contributed by atoms with E-state index < -0.39 is 0 Å². The number of piperidine rings is 1. The van der Waals surface area contributed by atoms with Crippen molar-refractivity contribution in [3.8, 4) is 17.0 Å². The third kappa shape index (κ3) is 4.73. The average Bonchev–Trinajstić information content (AvgIpc) is 3.57. The Morgan fingerprint density at radius 1 is 1.21 bits per heavy atom. The Bertz CT molecular complexity index is 1410. The van der Waals surface area contributed by atoms with Crippen molar-refractivity contribution in [1.82, 2.24) is 29.9 Å². The van der Waals surface area contributed by atoms with Crippen LogP contribution >= 0.6 is 0 Å². The molecule has 9 nitrogen and oxygen atoms in total. The zero-order valence-electron chi connectivity index (χ0n) is 23.8. The van der Waals surface area contributed by atoms with Crippen LogP contribution in [-0.4, -0.2) is 70.1 Å². The van der Waals surface area contributed by atoms with Gasteiger partial charge in [0.1, 0.15) is 12.1 Å². The van der Waals surface area contributed by atoms with Crippen molar-refractivity contribution >= 4 is 22.4 Å². The predicted octanol–water partition coefficient (Wildman–Crippen LogP) is 5.09. The van der Waals surface area contributed by atoms with Crippen molar-refractivity contribution < 1.29 is 9.47 Å². The highest BCUT2D eigenvalue weighted by Crippen LogP contribution is 2.40. The molecule has 0 spiro atoms. The Hall–Kier alpha value is -3.17. The number of aryl methyl sites for hydroxylation is 1. The number of aromatic nitrogens is 5. The van der Waals surface area contributed by atoms with Crippen molar-refractivity contribution in [1.29, 1.82) is 0 Å². The number of ether oxygens (including phenoxy) is 2. The number of fused-ring (bicyclic) bond motifs is 2. The molecule has 0 aliphatic carbocycles. The van der Waals surface area contributed by atoms with Gasteiger partial charge >= 0.3 is 0 Å². The minimum absolute atomic E-state index is 0.109. The summed E-state index contributed by atoms with van der Waals surface area (Å²) in [6.07, 6.45) is 8.74.